The van der Waals surface area contributed by atoms with Crippen molar-refractivity contribution < 1.29 is 9.15 Å². The molecule has 148 valence electrons. The summed E-state index contributed by atoms with van der Waals surface area (Å²) >= 11 is 1.39. The van der Waals surface area contributed by atoms with E-state index in [1.807, 2.05) is 19.1 Å². The van der Waals surface area contributed by atoms with E-state index in [4.69, 9.17) is 14.1 Å². The molecule has 0 bridgehead atoms. The van der Waals surface area contributed by atoms with E-state index in [1.54, 1.807) is 17.2 Å². The standard InChI is InChI=1S/C22H21N3O3S/c1-12(2)9-25-11-23-18-16-13-8-22(3,4)28-10-14(13)17(15-6-5-7-27-15)24-20(16)29-19(18)21(25)26/h5-7,11H,1,8-10H2,2-4H3. The summed E-state index contributed by atoms with van der Waals surface area (Å²) in [5.74, 6) is 0.705. The summed E-state index contributed by atoms with van der Waals surface area (Å²) in [6.07, 6.45) is 3.98. The average Bonchev–Trinajstić information content (AvgIpc) is 3.30. The predicted octanol–water partition coefficient (Wildman–Crippen LogP) is 4.69. The Labute approximate surface area is 171 Å². The topological polar surface area (TPSA) is 70.2 Å². The summed E-state index contributed by atoms with van der Waals surface area (Å²) in [6.45, 7) is 10.9. The summed E-state index contributed by atoms with van der Waals surface area (Å²) in [5.41, 5.74) is 4.21. The van der Waals surface area contributed by atoms with Crippen LogP contribution in [-0.2, 0) is 24.3 Å². The number of nitrogens with zero attached hydrogens (tertiary/aromatic N) is 3. The molecule has 0 amide bonds. The quantitative estimate of drug-likeness (QED) is 0.461. The van der Waals surface area contributed by atoms with E-state index < -0.39 is 0 Å². The first-order valence-electron chi connectivity index (χ1n) is 9.50. The number of fused-ring (bicyclic) bond motifs is 5. The Morgan fingerprint density at radius 3 is 2.93 bits per heavy atom. The second kappa shape index (κ2) is 6.37. The molecule has 7 heteroatoms. The zero-order chi connectivity index (χ0) is 20.3. The molecule has 0 unspecified atom stereocenters. The van der Waals surface area contributed by atoms with Crippen molar-refractivity contribution in [2.45, 2.75) is 45.9 Å². The van der Waals surface area contributed by atoms with Gasteiger partial charge in [-0.25, -0.2) is 9.97 Å². The molecule has 0 N–H and O–H groups in total. The first-order chi connectivity index (χ1) is 13.8. The summed E-state index contributed by atoms with van der Waals surface area (Å²) in [7, 11) is 0. The molecule has 0 saturated heterocycles. The molecule has 0 aromatic carbocycles. The largest absolute Gasteiger partial charge is 0.463 e. The Bertz CT molecular complexity index is 1330. The first kappa shape index (κ1) is 18.3. The highest BCUT2D eigenvalue weighted by atomic mass is 32.1. The predicted molar refractivity (Wildman–Crippen MR) is 114 cm³/mol. The maximum Gasteiger partial charge on any atom is 0.271 e. The van der Waals surface area contributed by atoms with Crippen LogP contribution in [0.15, 0.2) is 46.1 Å². The minimum atomic E-state index is -0.301. The van der Waals surface area contributed by atoms with E-state index in [2.05, 4.69) is 25.4 Å². The normalized spacial score (nSPS) is 15.7. The highest BCUT2D eigenvalue weighted by Gasteiger charge is 2.32. The fraction of sp³-hybridized carbons (Fsp3) is 0.318. The molecule has 1 aliphatic heterocycles. The summed E-state index contributed by atoms with van der Waals surface area (Å²) in [6, 6.07) is 3.75. The number of rotatable bonds is 3. The number of furan rings is 1. The lowest BCUT2D eigenvalue weighted by atomic mass is 9.89. The molecule has 0 fully saturated rings. The van der Waals surface area contributed by atoms with Crippen LogP contribution in [0.4, 0.5) is 0 Å². The molecule has 5 heterocycles. The van der Waals surface area contributed by atoms with Crippen LogP contribution in [0.3, 0.4) is 0 Å². The van der Waals surface area contributed by atoms with Gasteiger partial charge in [-0.05, 0) is 38.5 Å². The highest BCUT2D eigenvalue weighted by molar-refractivity contribution is 7.25. The zero-order valence-electron chi connectivity index (χ0n) is 16.6. The molecule has 5 rings (SSSR count). The number of thiophene rings is 1. The third-order valence-electron chi connectivity index (χ3n) is 5.22. The monoisotopic (exact) mass is 407 g/mol. The van der Waals surface area contributed by atoms with Crippen molar-refractivity contribution in [1.29, 1.82) is 0 Å². The molecule has 0 atom stereocenters. The lowest BCUT2D eigenvalue weighted by Crippen LogP contribution is -2.32. The van der Waals surface area contributed by atoms with Crippen molar-refractivity contribution in [3.8, 4) is 11.5 Å². The number of aromatic nitrogens is 3. The minimum absolute atomic E-state index is 0.0550. The lowest BCUT2D eigenvalue weighted by molar-refractivity contribution is -0.0395. The van der Waals surface area contributed by atoms with Gasteiger partial charge in [-0.3, -0.25) is 9.36 Å². The Balaban J connectivity index is 1.86. The van der Waals surface area contributed by atoms with Crippen molar-refractivity contribution in [2.24, 2.45) is 0 Å². The smallest absolute Gasteiger partial charge is 0.271 e. The van der Waals surface area contributed by atoms with Gasteiger partial charge in [0, 0.05) is 23.9 Å². The van der Waals surface area contributed by atoms with E-state index in [0.717, 1.165) is 44.5 Å². The Kier molecular flexibility index (Phi) is 4.01. The van der Waals surface area contributed by atoms with Gasteiger partial charge in [-0.2, -0.15) is 0 Å². The van der Waals surface area contributed by atoms with Crippen LogP contribution < -0.4 is 5.56 Å². The lowest BCUT2D eigenvalue weighted by Gasteiger charge is -2.32. The van der Waals surface area contributed by atoms with E-state index in [-0.39, 0.29) is 11.2 Å². The SMILES string of the molecule is C=C(C)Cn1cnc2c(sc3nc(-c4ccco4)c4c(c32)CC(C)(C)OC4)c1=O. The number of allylic oxidation sites excluding steroid dienone is 1. The molecular weight excluding hydrogens is 386 g/mol. The third-order valence-corrected chi connectivity index (χ3v) is 6.28. The zero-order valence-corrected chi connectivity index (χ0v) is 17.4. The Morgan fingerprint density at radius 2 is 2.21 bits per heavy atom. The van der Waals surface area contributed by atoms with Crippen LogP contribution in [0.25, 0.3) is 31.9 Å². The van der Waals surface area contributed by atoms with Gasteiger partial charge in [0.05, 0.1) is 30.3 Å². The van der Waals surface area contributed by atoms with Gasteiger partial charge in [0.2, 0.25) is 0 Å². The van der Waals surface area contributed by atoms with Crippen LogP contribution >= 0.6 is 11.3 Å². The molecular formula is C22H21N3O3S. The van der Waals surface area contributed by atoms with Gasteiger partial charge >= 0.3 is 0 Å². The highest BCUT2D eigenvalue weighted by Crippen LogP contribution is 2.42. The molecule has 0 aliphatic carbocycles. The Hall–Kier alpha value is -2.77. The average molecular weight is 407 g/mol. The fourth-order valence-electron chi connectivity index (χ4n) is 3.92. The first-order valence-corrected chi connectivity index (χ1v) is 10.3. The molecule has 0 radical (unpaired) electrons. The van der Waals surface area contributed by atoms with E-state index >= 15 is 0 Å². The van der Waals surface area contributed by atoms with E-state index in [1.165, 1.54) is 11.3 Å². The van der Waals surface area contributed by atoms with Gasteiger partial charge in [0.15, 0.2) is 5.76 Å². The maximum absolute atomic E-state index is 13.1. The Morgan fingerprint density at radius 1 is 1.38 bits per heavy atom. The second-order valence-electron chi connectivity index (χ2n) is 8.21. The van der Waals surface area contributed by atoms with Crippen molar-refractivity contribution in [2.75, 3.05) is 0 Å². The maximum atomic E-state index is 13.1. The third kappa shape index (κ3) is 2.92. The fourth-order valence-corrected chi connectivity index (χ4v) is 5.03. The number of ether oxygens (including phenoxy) is 1. The summed E-state index contributed by atoms with van der Waals surface area (Å²) in [5, 5.41) is 0.964. The molecule has 29 heavy (non-hydrogen) atoms. The van der Waals surface area contributed by atoms with Crippen molar-refractivity contribution in [1.82, 2.24) is 14.5 Å². The number of hydrogen-bond donors (Lipinski definition) is 0. The van der Waals surface area contributed by atoms with Gasteiger partial charge in [-0.1, -0.05) is 12.2 Å². The molecule has 6 nitrogen and oxygen atoms in total. The summed E-state index contributed by atoms with van der Waals surface area (Å²) in [4.78, 5) is 23.4. The van der Waals surface area contributed by atoms with Crippen LogP contribution in [0.5, 0.6) is 0 Å². The van der Waals surface area contributed by atoms with Crippen LogP contribution in [-0.4, -0.2) is 20.1 Å². The van der Waals surface area contributed by atoms with Gasteiger partial charge in [0.25, 0.3) is 5.56 Å². The van der Waals surface area contributed by atoms with Crippen molar-refractivity contribution in [3.63, 3.8) is 0 Å². The van der Waals surface area contributed by atoms with E-state index in [0.29, 0.717) is 23.6 Å². The van der Waals surface area contributed by atoms with Crippen LogP contribution in [0.2, 0.25) is 0 Å². The molecule has 0 saturated carbocycles. The van der Waals surface area contributed by atoms with E-state index in [9.17, 15) is 4.79 Å². The molecule has 4 aromatic rings. The number of pyridine rings is 1. The number of hydrogen-bond acceptors (Lipinski definition) is 6. The molecule has 4 aromatic heterocycles. The molecule has 0 spiro atoms. The van der Waals surface area contributed by atoms with Crippen molar-refractivity contribution >= 4 is 31.8 Å². The van der Waals surface area contributed by atoms with Crippen LogP contribution in [0, 0.1) is 0 Å². The summed E-state index contributed by atoms with van der Waals surface area (Å²) < 4.78 is 14.0. The van der Waals surface area contributed by atoms with Gasteiger partial charge < -0.3 is 9.15 Å². The van der Waals surface area contributed by atoms with Crippen LogP contribution in [0.1, 0.15) is 31.9 Å². The van der Waals surface area contributed by atoms with Crippen molar-refractivity contribution in [3.05, 3.63) is 58.4 Å². The van der Waals surface area contributed by atoms with Gasteiger partial charge in [0.1, 0.15) is 15.2 Å². The minimum Gasteiger partial charge on any atom is -0.463 e. The van der Waals surface area contributed by atoms with Gasteiger partial charge in [-0.15, -0.1) is 11.3 Å². The molecule has 1 aliphatic rings. The second-order valence-corrected chi connectivity index (χ2v) is 9.21.